The molecule has 2 aromatic heterocycles. The summed E-state index contributed by atoms with van der Waals surface area (Å²) in [6.07, 6.45) is 3.85. The number of nitrogens with one attached hydrogen (secondary N) is 2. The van der Waals surface area contributed by atoms with Gasteiger partial charge < -0.3 is 10.6 Å². The Hall–Kier alpha value is -3.19. The third kappa shape index (κ3) is 4.55. The predicted octanol–water partition coefficient (Wildman–Crippen LogP) is 2.64. The van der Waals surface area contributed by atoms with Crippen molar-refractivity contribution < 1.29 is 9.59 Å². The number of carbonyl (C=O) groups is 2. The minimum Gasteiger partial charge on any atom is -0.350 e. The number of carbonyl (C=O) groups excluding carboxylic acids is 2. The molecule has 0 saturated carbocycles. The molecule has 1 aromatic carbocycles. The van der Waals surface area contributed by atoms with Crippen LogP contribution in [0.15, 0.2) is 54.9 Å². The van der Waals surface area contributed by atoms with Crippen LogP contribution in [0.25, 0.3) is 5.82 Å². The van der Waals surface area contributed by atoms with Crippen LogP contribution in [0.1, 0.15) is 33.3 Å². The lowest BCUT2D eigenvalue weighted by molar-refractivity contribution is 0.0927. The summed E-state index contributed by atoms with van der Waals surface area (Å²) in [4.78, 5) is 28.8. The van der Waals surface area contributed by atoms with Crippen molar-refractivity contribution in [3.63, 3.8) is 0 Å². The summed E-state index contributed by atoms with van der Waals surface area (Å²) in [5, 5.41) is 10.4. The summed E-state index contributed by atoms with van der Waals surface area (Å²) >= 11 is 5.81. The third-order valence-corrected chi connectivity index (χ3v) is 4.37. The lowest BCUT2D eigenvalue weighted by Crippen LogP contribution is -2.34. The summed E-state index contributed by atoms with van der Waals surface area (Å²) in [5.41, 5.74) is 1.79. The molecule has 8 heteroatoms. The Morgan fingerprint density at radius 3 is 2.39 bits per heavy atom. The minimum absolute atomic E-state index is 0.219. The molecule has 0 spiro atoms. The van der Waals surface area contributed by atoms with E-state index in [0.29, 0.717) is 41.5 Å². The molecule has 0 unspecified atom stereocenters. The first-order valence-electron chi connectivity index (χ1n) is 8.90. The highest BCUT2D eigenvalue weighted by molar-refractivity contribution is 6.30. The maximum atomic E-state index is 12.5. The lowest BCUT2D eigenvalue weighted by Gasteiger charge is -2.09. The zero-order chi connectivity index (χ0) is 19.9. The molecule has 3 rings (SSSR count). The van der Waals surface area contributed by atoms with Gasteiger partial charge in [0.1, 0.15) is 0 Å². The highest BCUT2D eigenvalue weighted by Gasteiger charge is 2.17. The Labute approximate surface area is 167 Å². The quantitative estimate of drug-likeness (QED) is 0.600. The van der Waals surface area contributed by atoms with Gasteiger partial charge in [0, 0.05) is 29.9 Å². The first-order valence-corrected chi connectivity index (χ1v) is 9.28. The van der Waals surface area contributed by atoms with Crippen LogP contribution in [-0.2, 0) is 6.42 Å². The molecule has 2 N–H and O–H groups in total. The Morgan fingerprint density at radius 1 is 1.04 bits per heavy atom. The number of pyridine rings is 1. The van der Waals surface area contributed by atoms with Crippen molar-refractivity contribution in [2.45, 2.75) is 13.3 Å². The molecular weight excluding hydrogens is 378 g/mol. The summed E-state index contributed by atoms with van der Waals surface area (Å²) in [7, 11) is 0. The molecule has 0 atom stereocenters. The molecule has 2 heterocycles. The summed E-state index contributed by atoms with van der Waals surface area (Å²) in [5.74, 6) is 0.205. The third-order valence-electron chi connectivity index (χ3n) is 4.12. The molecule has 3 aromatic rings. The molecule has 0 aliphatic carbocycles. The second-order valence-electron chi connectivity index (χ2n) is 5.98. The number of rotatable bonds is 7. The number of hydrogen-bond donors (Lipinski definition) is 2. The number of halogens is 1. The van der Waals surface area contributed by atoms with Crippen LogP contribution in [0.4, 0.5) is 0 Å². The molecular formula is C20H20ClN5O2. The fourth-order valence-corrected chi connectivity index (χ4v) is 2.86. The van der Waals surface area contributed by atoms with E-state index < -0.39 is 0 Å². The van der Waals surface area contributed by atoms with E-state index in [-0.39, 0.29) is 11.8 Å². The monoisotopic (exact) mass is 397 g/mol. The largest absolute Gasteiger partial charge is 0.350 e. The normalized spacial score (nSPS) is 10.5. The number of hydrogen-bond acceptors (Lipinski definition) is 4. The van der Waals surface area contributed by atoms with Crippen LogP contribution in [0, 0.1) is 0 Å². The Balaban J connectivity index is 1.56. The van der Waals surface area contributed by atoms with E-state index in [0.717, 1.165) is 5.69 Å². The second-order valence-corrected chi connectivity index (χ2v) is 6.41. The van der Waals surface area contributed by atoms with Crippen molar-refractivity contribution in [3.8, 4) is 5.82 Å². The van der Waals surface area contributed by atoms with E-state index in [1.54, 1.807) is 35.1 Å². The standard InChI is InChI=1S/C20H20ClN5O2/c1-2-17-16(13-25-26(17)18-5-3-4-10-22-18)20(28)24-12-11-23-19(27)14-6-8-15(21)9-7-14/h3-10,13H,2,11-12H2,1H3,(H,23,27)(H,24,28). The average molecular weight is 398 g/mol. The summed E-state index contributed by atoms with van der Waals surface area (Å²) < 4.78 is 1.66. The molecule has 28 heavy (non-hydrogen) atoms. The molecule has 0 saturated heterocycles. The zero-order valence-corrected chi connectivity index (χ0v) is 16.1. The van der Waals surface area contributed by atoms with E-state index >= 15 is 0 Å². The van der Waals surface area contributed by atoms with Crippen LogP contribution in [0.5, 0.6) is 0 Å². The molecule has 0 radical (unpaired) electrons. The highest BCUT2D eigenvalue weighted by Crippen LogP contribution is 2.14. The maximum Gasteiger partial charge on any atom is 0.254 e. The number of amides is 2. The minimum atomic E-state index is -0.236. The van der Waals surface area contributed by atoms with E-state index in [4.69, 9.17) is 11.6 Å². The SMILES string of the molecule is CCc1c(C(=O)NCCNC(=O)c2ccc(Cl)cc2)cnn1-c1ccccn1. The van der Waals surface area contributed by atoms with Crippen LogP contribution >= 0.6 is 11.6 Å². The number of benzene rings is 1. The average Bonchev–Trinajstić information content (AvgIpc) is 3.16. The second kappa shape index (κ2) is 9.14. The van der Waals surface area contributed by atoms with E-state index in [1.807, 2.05) is 25.1 Å². The van der Waals surface area contributed by atoms with Gasteiger partial charge in [-0.2, -0.15) is 5.10 Å². The summed E-state index contributed by atoms with van der Waals surface area (Å²) in [6.45, 7) is 2.57. The van der Waals surface area contributed by atoms with Crippen molar-refractivity contribution in [3.05, 3.63) is 76.7 Å². The first-order chi connectivity index (χ1) is 13.6. The Bertz CT molecular complexity index is 954. The number of aromatic nitrogens is 3. The van der Waals surface area contributed by atoms with Gasteiger partial charge in [-0.25, -0.2) is 9.67 Å². The van der Waals surface area contributed by atoms with Gasteiger partial charge in [-0.15, -0.1) is 0 Å². The van der Waals surface area contributed by atoms with E-state index in [2.05, 4.69) is 20.7 Å². The fraction of sp³-hybridized carbons (Fsp3) is 0.200. The molecule has 144 valence electrons. The van der Waals surface area contributed by atoms with Crippen molar-refractivity contribution in [2.75, 3.05) is 13.1 Å². The topological polar surface area (TPSA) is 88.9 Å². The molecule has 0 bridgehead atoms. The van der Waals surface area contributed by atoms with Crippen LogP contribution < -0.4 is 10.6 Å². The number of nitrogens with zero attached hydrogens (tertiary/aromatic N) is 3. The Morgan fingerprint density at radius 2 is 1.75 bits per heavy atom. The fourth-order valence-electron chi connectivity index (χ4n) is 2.73. The Kier molecular flexibility index (Phi) is 6.39. The van der Waals surface area contributed by atoms with Crippen LogP contribution in [0.2, 0.25) is 5.02 Å². The maximum absolute atomic E-state index is 12.5. The molecule has 2 amide bonds. The van der Waals surface area contributed by atoms with Crippen LogP contribution in [-0.4, -0.2) is 39.7 Å². The van der Waals surface area contributed by atoms with Crippen molar-refractivity contribution in [1.82, 2.24) is 25.4 Å². The van der Waals surface area contributed by atoms with Gasteiger partial charge in [-0.1, -0.05) is 24.6 Å². The summed E-state index contributed by atoms with van der Waals surface area (Å²) in [6, 6.07) is 12.1. The highest BCUT2D eigenvalue weighted by atomic mass is 35.5. The molecule has 0 fully saturated rings. The van der Waals surface area contributed by atoms with Gasteiger partial charge >= 0.3 is 0 Å². The van der Waals surface area contributed by atoms with Gasteiger partial charge in [0.2, 0.25) is 0 Å². The van der Waals surface area contributed by atoms with Gasteiger partial charge in [-0.3, -0.25) is 9.59 Å². The van der Waals surface area contributed by atoms with Crippen molar-refractivity contribution in [2.24, 2.45) is 0 Å². The van der Waals surface area contributed by atoms with Gasteiger partial charge in [0.05, 0.1) is 17.5 Å². The van der Waals surface area contributed by atoms with E-state index in [1.165, 1.54) is 6.20 Å². The molecule has 7 nitrogen and oxygen atoms in total. The predicted molar refractivity (Wildman–Crippen MR) is 107 cm³/mol. The van der Waals surface area contributed by atoms with Gasteiger partial charge in [0.15, 0.2) is 5.82 Å². The smallest absolute Gasteiger partial charge is 0.254 e. The van der Waals surface area contributed by atoms with Gasteiger partial charge in [0.25, 0.3) is 11.8 Å². The molecule has 0 aliphatic heterocycles. The van der Waals surface area contributed by atoms with Crippen LogP contribution in [0.3, 0.4) is 0 Å². The first kappa shape index (κ1) is 19.6. The van der Waals surface area contributed by atoms with E-state index in [9.17, 15) is 9.59 Å². The van der Waals surface area contributed by atoms with Crippen molar-refractivity contribution >= 4 is 23.4 Å². The lowest BCUT2D eigenvalue weighted by atomic mass is 10.2. The van der Waals surface area contributed by atoms with Gasteiger partial charge in [-0.05, 0) is 42.8 Å². The molecule has 0 aliphatic rings. The zero-order valence-electron chi connectivity index (χ0n) is 15.4. The van der Waals surface area contributed by atoms with Crippen molar-refractivity contribution in [1.29, 1.82) is 0 Å².